The van der Waals surface area contributed by atoms with E-state index in [1.165, 1.54) is 18.2 Å². The van der Waals surface area contributed by atoms with Gasteiger partial charge in [-0.25, -0.2) is 9.07 Å². The number of halogens is 1. The van der Waals surface area contributed by atoms with E-state index in [9.17, 15) is 14.0 Å². The van der Waals surface area contributed by atoms with Crippen molar-refractivity contribution in [3.63, 3.8) is 0 Å². The summed E-state index contributed by atoms with van der Waals surface area (Å²) in [4.78, 5) is 25.0. The summed E-state index contributed by atoms with van der Waals surface area (Å²) in [5.41, 5.74) is 7.08. The van der Waals surface area contributed by atoms with Crippen LogP contribution in [-0.4, -0.2) is 21.6 Å². The first-order valence-corrected chi connectivity index (χ1v) is 9.18. The third-order valence-electron chi connectivity index (χ3n) is 4.40. The summed E-state index contributed by atoms with van der Waals surface area (Å²) in [6.07, 6.45) is 1.60. The minimum Gasteiger partial charge on any atom is -0.267 e. The Morgan fingerprint density at radius 2 is 1.47 bits per heavy atom. The molecule has 2 N–H and O–H groups in total. The number of carbonyl (C=O) groups is 2. The number of aromatic nitrogens is 2. The van der Waals surface area contributed by atoms with Gasteiger partial charge in [0.15, 0.2) is 0 Å². The summed E-state index contributed by atoms with van der Waals surface area (Å²) >= 11 is 0. The summed E-state index contributed by atoms with van der Waals surface area (Å²) in [6, 6.07) is 23.8. The molecule has 0 aliphatic heterocycles. The highest BCUT2D eigenvalue weighted by atomic mass is 19.1. The number of rotatable bonds is 4. The van der Waals surface area contributed by atoms with E-state index in [-0.39, 0.29) is 11.1 Å². The molecule has 0 fully saturated rings. The Kier molecular flexibility index (Phi) is 5.34. The molecule has 30 heavy (non-hydrogen) atoms. The molecule has 0 saturated heterocycles. The Balaban J connectivity index is 1.61. The van der Waals surface area contributed by atoms with Crippen LogP contribution in [0.3, 0.4) is 0 Å². The van der Waals surface area contributed by atoms with Gasteiger partial charge in [-0.15, -0.1) is 0 Å². The van der Waals surface area contributed by atoms with Gasteiger partial charge in [-0.2, -0.15) is 5.10 Å². The van der Waals surface area contributed by atoms with Crippen LogP contribution in [-0.2, 0) is 0 Å². The lowest BCUT2D eigenvalue weighted by Gasteiger charge is -2.07. The molecular formula is C23H17FN4O2. The van der Waals surface area contributed by atoms with Crippen LogP contribution in [0.1, 0.15) is 20.7 Å². The van der Waals surface area contributed by atoms with Crippen LogP contribution in [0.15, 0.2) is 91.1 Å². The highest BCUT2D eigenvalue weighted by molar-refractivity contribution is 6.02. The van der Waals surface area contributed by atoms with Gasteiger partial charge >= 0.3 is 0 Å². The van der Waals surface area contributed by atoms with Crippen LogP contribution in [0.5, 0.6) is 0 Å². The molecule has 0 saturated carbocycles. The minimum atomic E-state index is -0.625. The third kappa shape index (κ3) is 4.10. The SMILES string of the molecule is O=C(NNC(=O)c1cn(-c2ccccc2)nc1-c1ccccc1)c1cccc(F)c1. The zero-order valence-corrected chi connectivity index (χ0v) is 15.7. The fourth-order valence-electron chi connectivity index (χ4n) is 2.95. The molecule has 1 aromatic heterocycles. The molecule has 0 spiro atoms. The van der Waals surface area contributed by atoms with E-state index in [0.717, 1.165) is 17.3 Å². The predicted molar refractivity (Wildman–Crippen MR) is 110 cm³/mol. The number of hydrogen-bond donors (Lipinski definition) is 2. The van der Waals surface area contributed by atoms with Crippen LogP contribution in [0.4, 0.5) is 4.39 Å². The summed E-state index contributed by atoms with van der Waals surface area (Å²) in [5.74, 6) is -1.70. The summed E-state index contributed by atoms with van der Waals surface area (Å²) in [5, 5.41) is 4.56. The van der Waals surface area contributed by atoms with Crippen LogP contribution in [0.25, 0.3) is 16.9 Å². The highest BCUT2D eigenvalue weighted by Crippen LogP contribution is 2.23. The van der Waals surface area contributed by atoms with Crippen LogP contribution >= 0.6 is 0 Å². The second-order valence-electron chi connectivity index (χ2n) is 6.46. The standard InChI is InChI=1S/C23H17FN4O2/c24-18-11-7-10-17(14-18)22(29)25-26-23(30)20-15-28(19-12-5-2-6-13-19)27-21(20)16-8-3-1-4-9-16/h1-15H,(H,25,29)(H,26,30). The lowest BCUT2D eigenvalue weighted by atomic mass is 10.1. The van der Waals surface area contributed by atoms with Crippen molar-refractivity contribution < 1.29 is 14.0 Å². The zero-order chi connectivity index (χ0) is 20.9. The van der Waals surface area contributed by atoms with E-state index in [2.05, 4.69) is 16.0 Å². The number of amides is 2. The van der Waals surface area contributed by atoms with E-state index in [1.54, 1.807) is 10.9 Å². The fraction of sp³-hybridized carbons (Fsp3) is 0. The molecule has 0 unspecified atom stereocenters. The van der Waals surface area contributed by atoms with E-state index in [4.69, 9.17) is 0 Å². The lowest BCUT2D eigenvalue weighted by molar-refractivity contribution is 0.0847. The van der Waals surface area contributed by atoms with Gasteiger partial charge in [-0.1, -0.05) is 54.6 Å². The summed E-state index contributed by atoms with van der Waals surface area (Å²) in [6.45, 7) is 0. The summed E-state index contributed by atoms with van der Waals surface area (Å²) in [7, 11) is 0. The van der Waals surface area contributed by atoms with E-state index in [0.29, 0.717) is 5.69 Å². The van der Waals surface area contributed by atoms with E-state index >= 15 is 0 Å². The van der Waals surface area contributed by atoms with Gasteiger partial charge in [0.05, 0.1) is 11.3 Å². The van der Waals surface area contributed by atoms with Crippen LogP contribution in [0.2, 0.25) is 0 Å². The molecule has 0 aliphatic carbocycles. The Bertz CT molecular complexity index is 1190. The number of para-hydroxylation sites is 1. The Morgan fingerprint density at radius 3 is 2.17 bits per heavy atom. The number of benzene rings is 3. The molecule has 0 bridgehead atoms. The second kappa shape index (κ2) is 8.40. The van der Waals surface area contributed by atoms with Crippen molar-refractivity contribution in [2.45, 2.75) is 0 Å². The zero-order valence-electron chi connectivity index (χ0n) is 15.7. The van der Waals surface area contributed by atoms with Gasteiger partial charge in [0.2, 0.25) is 0 Å². The second-order valence-corrected chi connectivity index (χ2v) is 6.46. The van der Waals surface area contributed by atoms with Crippen molar-refractivity contribution in [2.75, 3.05) is 0 Å². The van der Waals surface area contributed by atoms with Gasteiger partial charge in [0.1, 0.15) is 11.5 Å². The molecule has 1 heterocycles. The molecular weight excluding hydrogens is 383 g/mol. The van der Waals surface area contributed by atoms with Crippen molar-refractivity contribution in [2.24, 2.45) is 0 Å². The molecule has 148 valence electrons. The Morgan fingerprint density at radius 1 is 0.800 bits per heavy atom. The molecule has 4 aromatic rings. The first-order chi connectivity index (χ1) is 14.6. The first kappa shape index (κ1) is 19.1. The molecule has 0 aliphatic rings. The largest absolute Gasteiger partial charge is 0.273 e. The van der Waals surface area contributed by atoms with E-state index in [1.807, 2.05) is 60.7 Å². The molecule has 3 aromatic carbocycles. The van der Waals surface area contributed by atoms with Crippen molar-refractivity contribution in [3.05, 3.63) is 108 Å². The number of carbonyl (C=O) groups excluding carboxylic acids is 2. The number of hydrogen-bond acceptors (Lipinski definition) is 3. The molecule has 7 heteroatoms. The highest BCUT2D eigenvalue weighted by Gasteiger charge is 2.19. The quantitative estimate of drug-likeness (QED) is 0.512. The average molecular weight is 400 g/mol. The minimum absolute atomic E-state index is 0.0959. The summed E-state index contributed by atoms with van der Waals surface area (Å²) < 4.78 is 14.9. The van der Waals surface area contributed by atoms with Gasteiger partial charge in [0.25, 0.3) is 11.8 Å². The molecule has 2 amide bonds. The van der Waals surface area contributed by atoms with Gasteiger partial charge in [-0.3, -0.25) is 20.4 Å². The lowest BCUT2D eigenvalue weighted by Crippen LogP contribution is -2.41. The Hall–Kier alpha value is -4.26. The van der Waals surface area contributed by atoms with Crippen LogP contribution < -0.4 is 10.9 Å². The Labute approximate surface area is 171 Å². The normalized spacial score (nSPS) is 10.4. The molecule has 0 atom stereocenters. The third-order valence-corrected chi connectivity index (χ3v) is 4.40. The van der Waals surface area contributed by atoms with E-state index < -0.39 is 17.6 Å². The van der Waals surface area contributed by atoms with Crippen molar-refractivity contribution in [1.82, 2.24) is 20.6 Å². The maximum atomic E-state index is 13.3. The van der Waals surface area contributed by atoms with Crippen LogP contribution in [0, 0.1) is 5.82 Å². The molecule has 0 radical (unpaired) electrons. The topological polar surface area (TPSA) is 76.0 Å². The van der Waals surface area contributed by atoms with Gasteiger partial charge in [-0.05, 0) is 30.3 Å². The molecule has 6 nitrogen and oxygen atoms in total. The number of nitrogens with one attached hydrogen (secondary N) is 2. The number of hydrazine groups is 1. The van der Waals surface area contributed by atoms with Crippen molar-refractivity contribution in [1.29, 1.82) is 0 Å². The average Bonchev–Trinajstić information content (AvgIpc) is 3.24. The van der Waals surface area contributed by atoms with Gasteiger partial charge in [0, 0.05) is 17.3 Å². The number of nitrogens with zero attached hydrogens (tertiary/aromatic N) is 2. The monoisotopic (exact) mass is 400 g/mol. The van der Waals surface area contributed by atoms with Crippen molar-refractivity contribution >= 4 is 11.8 Å². The van der Waals surface area contributed by atoms with Crippen molar-refractivity contribution in [3.8, 4) is 16.9 Å². The first-order valence-electron chi connectivity index (χ1n) is 9.18. The maximum Gasteiger partial charge on any atom is 0.273 e. The maximum absolute atomic E-state index is 13.3. The smallest absolute Gasteiger partial charge is 0.267 e. The van der Waals surface area contributed by atoms with Gasteiger partial charge < -0.3 is 0 Å². The fourth-order valence-corrected chi connectivity index (χ4v) is 2.95. The predicted octanol–water partition coefficient (Wildman–Crippen LogP) is 3.75. The molecule has 4 rings (SSSR count).